The van der Waals surface area contributed by atoms with Crippen molar-refractivity contribution in [2.75, 3.05) is 18.5 Å². The van der Waals surface area contributed by atoms with E-state index in [2.05, 4.69) is 25.8 Å². The van der Waals surface area contributed by atoms with Crippen molar-refractivity contribution in [3.05, 3.63) is 47.2 Å². The van der Waals surface area contributed by atoms with E-state index >= 15 is 0 Å². The molecule has 1 aliphatic rings. The average molecular weight is 415 g/mol. The molecular weight excluding hydrogens is 404 g/mol. The number of aromatic nitrogens is 5. The van der Waals surface area contributed by atoms with Crippen molar-refractivity contribution in [3.8, 4) is 17.2 Å². The number of rotatable bonds is 3. The number of anilines is 1. The van der Waals surface area contributed by atoms with Crippen LogP contribution < -0.4 is 14.8 Å². The lowest BCUT2D eigenvalue weighted by molar-refractivity contribution is 0.102. The van der Waals surface area contributed by atoms with Gasteiger partial charge in [0.25, 0.3) is 5.91 Å². The average Bonchev–Trinajstić information content (AvgIpc) is 3.35. The lowest BCUT2D eigenvalue weighted by Crippen LogP contribution is -2.15. The number of tetrazole rings is 1. The summed E-state index contributed by atoms with van der Waals surface area (Å²) in [7, 11) is 0. The Kier molecular flexibility index (Phi) is 4.06. The number of hydrogen-bond donors (Lipinski definition) is 1. The molecule has 0 saturated carbocycles. The molecule has 0 spiro atoms. The second-order valence-electron chi connectivity index (χ2n) is 5.85. The standard InChI is InChI=1S/C17H11ClN6O3S/c18-9-1-2-12(24-8-19-22-23-24)10(5-9)16(25)21-17-20-11-6-13-14(7-15(11)28-17)27-4-3-26-13/h1-2,5-8H,3-4H2,(H,20,21,25). The quantitative estimate of drug-likeness (QED) is 0.549. The van der Waals surface area contributed by atoms with Gasteiger partial charge < -0.3 is 9.47 Å². The second kappa shape index (κ2) is 6.73. The normalized spacial score (nSPS) is 12.9. The van der Waals surface area contributed by atoms with Gasteiger partial charge in [0.15, 0.2) is 16.6 Å². The largest absolute Gasteiger partial charge is 0.486 e. The van der Waals surface area contributed by atoms with Gasteiger partial charge in [0.2, 0.25) is 0 Å². The minimum Gasteiger partial charge on any atom is -0.486 e. The van der Waals surface area contributed by atoms with Crippen molar-refractivity contribution < 1.29 is 14.3 Å². The van der Waals surface area contributed by atoms with Crippen LogP contribution in [0.1, 0.15) is 10.4 Å². The van der Waals surface area contributed by atoms with E-state index in [9.17, 15) is 4.79 Å². The summed E-state index contributed by atoms with van der Waals surface area (Å²) in [5, 5.41) is 14.7. The van der Waals surface area contributed by atoms with Crippen molar-refractivity contribution in [1.82, 2.24) is 25.2 Å². The van der Waals surface area contributed by atoms with E-state index in [1.165, 1.54) is 22.3 Å². The summed E-state index contributed by atoms with van der Waals surface area (Å²) in [5.74, 6) is 0.957. The molecule has 0 atom stereocenters. The maximum absolute atomic E-state index is 12.9. The van der Waals surface area contributed by atoms with Crippen molar-refractivity contribution in [3.63, 3.8) is 0 Å². The Morgan fingerprint density at radius 2 is 2.00 bits per heavy atom. The highest BCUT2D eigenvalue weighted by molar-refractivity contribution is 7.22. The maximum atomic E-state index is 12.9. The number of ether oxygens (including phenoxy) is 2. The maximum Gasteiger partial charge on any atom is 0.259 e. The van der Waals surface area contributed by atoms with Gasteiger partial charge in [0.05, 0.1) is 21.5 Å². The molecule has 2 aromatic carbocycles. The van der Waals surface area contributed by atoms with E-state index in [1.54, 1.807) is 18.2 Å². The molecule has 2 aromatic heterocycles. The van der Waals surface area contributed by atoms with E-state index < -0.39 is 0 Å². The highest BCUT2D eigenvalue weighted by atomic mass is 35.5. The molecule has 0 bridgehead atoms. The summed E-state index contributed by atoms with van der Waals surface area (Å²) in [4.78, 5) is 17.4. The third-order valence-electron chi connectivity index (χ3n) is 4.07. The molecule has 0 radical (unpaired) electrons. The fourth-order valence-corrected chi connectivity index (χ4v) is 3.89. The van der Waals surface area contributed by atoms with Crippen LogP contribution in [0.15, 0.2) is 36.7 Å². The van der Waals surface area contributed by atoms with Gasteiger partial charge in [-0.15, -0.1) is 5.10 Å². The Morgan fingerprint density at radius 3 is 2.79 bits per heavy atom. The van der Waals surface area contributed by atoms with E-state index in [4.69, 9.17) is 21.1 Å². The Hall–Kier alpha value is -3.24. The molecule has 9 nitrogen and oxygen atoms in total. The Morgan fingerprint density at radius 1 is 1.18 bits per heavy atom. The number of nitrogens with one attached hydrogen (secondary N) is 1. The molecule has 4 aromatic rings. The molecule has 0 unspecified atom stereocenters. The van der Waals surface area contributed by atoms with Crippen LogP contribution in [0.3, 0.4) is 0 Å². The molecule has 11 heteroatoms. The minimum absolute atomic E-state index is 0.324. The number of thiazole rings is 1. The van der Waals surface area contributed by atoms with Gasteiger partial charge in [-0.2, -0.15) is 4.68 Å². The smallest absolute Gasteiger partial charge is 0.259 e. The number of hydrogen-bond acceptors (Lipinski definition) is 8. The summed E-state index contributed by atoms with van der Waals surface area (Å²) >= 11 is 7.42. The lowest BCUT2D eigenvalue weighted by Gasteiger charge is -2.17. The van der Waals surface area contributed by atoms with Crippen molar-refractivity contribution in [2.45, 2.75) is 0 Å². The van der Waals surface area contributed by atoms with E-state index in [0.717, 1.165) is 10.2 Å². The fraction of sp³-hybridized carbons (Fsp3) is 0.118. The van der Waals surface area contributed by atoms with Crippen LogP contribution in [-0.4, -0.2) is 44.3 Å². The van der Waals surface area contributed by atoms with Gasteiger partial charge in [-0.3, -0.25) is 10.1 Å². The van der Waals surface area contributed by atoms with Crippen LogP contribution in [0.25, 0.3) is 15.9 Å². The fourth-order valence-electron chi connectivity index (χ4n) is 2.84. The second-order valence-corrected chi connectivity index (χ2v) is 7.32. The third-order valence-corrected chi connectivity index (χ3v) is 5.24. The number of amides is 1. The minimum atomic E-state index is -0.371. The topological polar surface area (TPSA) is 104 Å². The van der Waals surface area contributed by atoms with Gasteiger partial charge in [0.1, 0.15) is 19.5 Å². The number of fused-ring (bicyclic) bond motifs is 2. The summed E-state index contributed by atoms with van der Waals surface area (Å²) in [6, 6.07) is 8.57. The molecule has 28 heavy (non-hydrogen) atoms. The summed E-state index contributed by atoms with van der Waals surface area (Å²) in [6.45, 7) is 1.01. The first-order valence-electron chi connectivity index (χ1n) is 8.22. The van der Waals surface area contributed by atoms with Crippen molar-refractivity contribution in [2.24, 2.45) is 0 Å². The van der Waals surface area contributed by atoms with E-state index in [0.29, 0.717) is 46.1 Å². The van der Waals surface area contributed by atoms with Crippen LogP contribution >= 0.6 is 22.9 Å². The van der Waals surface area contributed by atoms with E-state index in [1.807, 2.05) is 12.1 Å². The van der Waals surface area contributed by atoms with Gasteiger partial charge in [0, 0.05) is 17.2 Å². The van der Waals surface area contributed by atoms with Crippen LogP contribution in [-0.2, 0) is 0 Å². The van der Waals surface area contributed by atoms with E-state index in [-0.39, 0.29) is 5.91 Å². The Balaban J connectivity index is 1.48. The van der Waals surface area contributed by atoms with Crippen LogP contribution in [0, 0.1) is 0 Å². The van der Waals surface area contributed by atoms with Crippen LogP contribution in [0.5, 0.6) is 11.5 Å². The molecule has 1 N–H and O–H groups in total. The third kappa shape index (κ3) is 3.02. The summed E-state index contributed by atoms with van der Waals surface area (Å²) < 4.78 is 13.4. The van der Waals surface area contributed by atoms with Crippen LogP contribution in [0.2, 0.25) is 5.02 Å². The van der Waals surface area contributed by atoms with Crippen molar-refractivity contribution in [1.29, 1.82) is 0 Å². The van der Waals surface area contributed by atoms with Crippen LogP contribution in [0.4, 0.5) is 5.13 Å². The molecule has 0 saturated heterocycles. The highest BCUT2D eigenvalue weighted by Crippen LogP contribution is 2.38. The number of carbonyl (C=O) groups excluding carboxylic acids is 1. The predicted molar refractivity (Wildman–Crippen MR) is 103 cm³/mol. The predicted octanol–water partition coefficient (Wildman–Crippen LogP) is 2.95. The Bertz CT molecular complexity index is 1150. The number of halogens is 1. The van der Waals surface area contributed by atoms with Gasteiger partial charge in [-0.1, -0.05) is 22.9 Å². The number of nitrogens with zero attached hydrogens (tertiary/aromatic N) is 5. The Labute approximate surface area is 166 Å². The zero-order chi connectivity index (χ0) is 19.1. The van der Waals surface area contributed by atoms with Crippen molar-refractivity contribution >= 4 is 44.2 Å². The highest BCUT2D eigenvalue weighted by Gasteiger charge is 2.19. The molecule has 0 fully saturated rings. The zero-order valence-corrected chi connectivity index (χ0v) is 15.7. The first-order chi connectivity index (χ1) is 13.7. The van der Waals surface area contributed by atoms with Gasteiger partial charge in [-0.05, 0) is 28.6 Å². The summed E-state index contributed by atoms with van der Waals surface area (Å²) in [5.41, 5.74) is 1.55. The summed E-state index contributed by atoms with van der Waals surface area (Å²) in [6.07, 6.45) is 1.40. The molecular formula is C17H11ClN6O3S. The monoisotopic (exact) mass is 414 g/mol. The first-order valence-corrected chi connectivity index (χ1v) is 9.41. The lowest BCUT2D eigenvalue weighted by atomic mass is 10.1. The number of carbonyl (C=O) groups is 1. The van der Waals surface area contributed by atoms with Gasteiger partial charge in [-0.25, -0.2) is 4.98 Å². The molecule has 5 rings (SSSR count). The molecule has 1 amide bonds. The van der Waals surface area contributed by atoms with Gasteiger partial charge >= 0.3 is 0 Å². The molecule has 0 aliphatic carbocycles. The molecule has 1 aliphatic heterocycles. The number of benzene rings is 2. The zero-order valence-electron chi connectivity index (χ0n) is 14.1. The molecule has 3 heterocycles. The molecule has 140 valence electrons. The SMILES string of the molecule is O=C(Nc1nc2cc3c(cc2s1)OCCO3)c1cc(Cl)ccc1-n1cnnn1. The first kappa shape index (κ1) is 16.9.